The Bertz CT molecular complexity index is 574. The Labute approximate surface area is 130 Å². The van der Waals surface area contributed by atoms with E-state index in [9.17, 15) is 9.59 Å². The first-order valence-corrected chi connectivity index (χ1v) is 6.84. The number of methoxy groups -OCH3 is 1. The van der Waals surface area contributed by atoms with Gasteiger partial charge in [-0.25, -0.2) is 9.59 Å². The summed E-state index contributed by atoms with van der Waals surface area (Å²) in [6, 6.07) is 4.86. The Kier molecular flexibility index (Phi) is 5.98. The quantitative estimate of drug-likeness (QED) is 0.659. The first-order valence-electron chi connectivity index (χ1n) is 6.84. The number of nitrogen functional groups attached to an aromatic ring is 1. The Balaban J connectivity index is 2.63. The highest BCUT2D eigenvalue weighted by Crippen LogP contribution is 2.16. The third-order valence-corrected chi connectivity index (χ3v) is 2.57. The highest BCUT2D eigenvalue weighted by molar-refractivity contribution is 5.91. The van der Waals surface area contributed by atoms with E-state index in [1.54, 1.807) is 51.1 Å². The molecule has 1 amide bonds. The lowest BCUT2D eigenvalue weighted by Crippen LogP contribution is -2.32. The number of hydrogen-bond acceptors (Lipinski definition) is 5. The number of carbonyl (C=O) groups is 2. The van der Waals surface area contributed by atoms with Crippen molar-refractivity contribution >= 4 is 23.8 Å². The highest BCUT2D eigenvalue weighted by Gasteiger charge is 2.15. The van der Waals surface area contributed by atoms with Crippen molar-refractivity contribution in [3.8, 4) is 0 Å². The van der Waals surface area contributed by atoms with Gasteiger partial charge in [-0.1, -0.05) is 12.2 Å². The molecule has 0 saturated heterocycles. The van der Waals surface area contributed by atoms with Crippen molar-refractivity contribution in [1.29, 1.82) is 0 Å². The molecule has 1 aromatic rings. The smallest absolute Gasteiger partial charge is 0.407 e. The number of amides is 1. The molecule has 22 heavy (non-hydrogen) atoms. The fourth-order valence-electron chi connectivity index (χ4n) is 1.61. The predicted octanol–water partition coefficient (Wildman–Crippen LogP) is 2.59. The van der Waals surface area contributed by atoms with Crippen molar-refractivity contribution in [2.45, 2.75) is 26.4 Å². The second-order valence-corrected chi connectivity index (χ2v) is 5.62. The van der Waals surface area contributed by atoms with Gasteiger partial charge >= 0.3 is 12.1 Å². The minimum Gasteiger partial charge on any atom is -0.465 e. The van der Waals surface area contributed by atoms with Crippen LogP contribution in [0.15, 0.2) is 24.3 Å². The summed E-state index contributed by atoms with van der Waals surface area (Å²) in [6.45, 7) is 5.67. The molecule has 0 fully saturated rings. The van der Waals surface area contributed by atoms with E-state index in [1.807, 2.05) is 0 Å². The number of rotatable bonds is 4. The lowest BCUT2D eigenvalue weighted by Gasteiger charge is -2.19. The van der Waals surface area contributed by atoms with Crippen LogP contribution in [0.4, 0.5) is 10.5 Å². The molecule has 0 heterocycles. The van der Waals surface area contributed by atoms with Crippen molar-refractivity contribution in [2.75, 3.05) is 19.4 Å². The second-order valence-electron chi connectivity index (χ2n) is 5.62. The van der Waals surface area contributed by atoms with Gasteiger partial charge in [0.05, 0.1) is 12.7 Å². The molecule has 3 N–H and O–H groups in total. The number of benzene rings is 1. The molecule has 0 bridgehead atoms. The fraction of sp³-hybridized carbons (Fsp3) is 0.375. The van der Waals surface area contributed by atoms with Crippen LogP contribution in [-0.2, 0) is 9.47 Å². The monoisotopic (exact) mass is 306 g/mol. The SMILES string of the molecule is COC(=O)c1ccc(N)c(C=CCNC(=O)OC(C)(C)C)c1. The zero-order chi connectivity index (χ0) is 16.8. The number of esters is 1. The standard InChI is InChI=1S/C16H22N2O4/c1-16(2,3)22-15(20)18-9-5-6-11-10-12(14(19)21-4)7-8-13(11)17/h5-8,10H,9,17H2,1-4H3,(H,18,20). The summed E-state index contributed by atoms with van der Waals surface area (Å²) in [5.41, 5.74) is 6.92. The van der Waals surface area contributed by atoms with Crippen LogP contribution in [0.3, 0.4) is 0 Å². The summed E-state index contributed by atoms with van der Waals surface area (Å²) in [5, 5.41) is 2.60. The second kappa shape index (κ2) is 7.49. The molecule has 0 spiro atoms. The summed E-state index contributed by atoms with van der Waals surface area (Å²) in [5.74, 6) is -0.429. The Morgan fingerprint density at radius 2 is 2.00 bits per heavy atom. The largest absolute Gasteiger partial charge is 0.465 e. The van der Waals surface area contributed by atoms with Gasteiger partial charge in [0.2, 0.25) is 0 Å². The van der Waals surface area contributed by atoms with E-state index < -0.39 is 17.7 Å². The first kappa shape index (κ1) is 17.6. The highest BCUT2D eigenvalue weighted by atomic mass is 16.6. The van der Waals surface area contributed by atoms with Crippen LogP contribution in [0.5, 0.6) is 0 Å². The number of anilines is 1. The number of alkyl carbamates (subject to hydrolysis) is 1. The van der Waals surface area contributed by atoms with E-state index in [2.05, 4.69) is 10.1 Å². The molecule has 0 aliphatic rings. The first-order chi connectivity index (χ1) is 10.2. The van der Waals surface area contributed by atoms with E-state index in [0.29, 0.717) is 16.8 Å². The molecule has 1 aromatic carbocycles. The molecule has 1 rings (SSSR count). The normalized spacial score (nSPS) is 11.3. The summed E-state index contributed by atoms with van der Waals surface area (Å²) in [4.78, 5) is 22.9. The average molecular weight is 306 g/mol. The number of nitrogens with one attached hydrogen (secondary N) is 1. The van der Waals surface area contributed by atoms with Crippen molar-refractivity contribution in [3.63, 3.8) is 0 Å². The molecule has 0 radical (unpaired) electrons. The molecule has 0 atom stereocenters. The Hall–Kier alpha value is -2.50. The van der Waals surface area contributed by atoms with Gasteiger partial charge in [-0.3, -0.25) is 0 Å². The number of nitrogens with two attached hydrogens (primary N) is 1. The molecular formula is C16H22N2O4. The predicted molar refractivity (Wildman–Crippen MR) is 85.5 cm³/mol. The third kappa shape index (κ3) is 5.87. The van der Waals surface area contributed by atoms with Crippen LogP contribution >= 0.6 is 0 Å². The zero-order valence-corrected chi connectivity index (χ0v) is 13.3. The lowest BCUT2D eigenvalue weighted by atomic mass is 10.1. The van der Waals surface area contributed by atoms with Gasteiger partial charge in [0.1, 0.15) is 5.60 Å². The maximum absolute atomic E-state index is 11.5. The van der Waals surface area contributed by atoms with Crippen molar-refractivity contribution < 1.29 is 19.1 Å². The minimum absolute atomic E-state index is 0.288. The molecule has 0 aliphatic carbocycles. The van der Waals surface area contributed by atoms with Gasteiger partial charge in [-0.2, -0.15) is 0 Å². The molecule has 6 heteroatoms. The van der Waals surface area contributed by atoms with Crippen LogP contribution in [0.1, 0.15) is 36.7 Å². The topological polar surface area (TPSA) is 90.6 Å². The van der Waals surface area contributed by atoms with E-state index in [4.69, 9.17) is 10.5 Å². The summed E-state index contributed by atoms with van der Waals surface area (Å²) >= 11 is 0. The molecule has 0 aromatic heterocycles. The van der Waals surface area contributed by atoms with E-state index in [1.165, 1.54) is 7.11 Å². The van der Waals surface area contributed by atoms with Gasteiger partial charge in [0, 0.05) is 12.2 Å². The molecule has 6 nitrogen and oxygen atoms in total. The van der Waals surface area contributed by atoms with Crippen LogP contribution in [0.25, 0.3) is 6.08 Å². The van der Waals surface area contributed by atoms with Crippen LogP contribution < -0.4 is 11.1 Å². The summed E-state index contributed by atoms with van der Waals surface area (Å²) in [6.07, 6.45) is 2.95. The van der Waals surface area contributed by atoms with Crippen molar-refractivity contribution in [3.05, 3.63) is 35.4 Å². The summed E-state index contributed by atoms with van der Waals surface area (Å²) < 4.78 is 9.77. The van der Waals surface area contributed by atoms with Crippen molar-refractivity contribution in [1.82, 2.24) is 5.32 Å². The average Bonchev–Trinajstić information content (AvgIpc) is 2.42. The Morgan fingerprint density at radius 3 is 2.59 bits per heavy atom. The maximum atomic E-state index is 11.5. The molecule has 120 valence electrons. The van der Waals surface area contributed by atoms with Crippen LogP contribution in [-0.4, -0.2) is 31.3 Å². The molecule has 0 unspecified atom stereocenters. The van der Waals surface area contributed by atoms with E-state index in [-0.39, 0.29) is 6.54 Å². The maximum Gasteiger partial charge on any atom is 0.407 e. The molecular weight excluding hydrogens is 284 g/mol. The number of hydrogen-bond donors (Lipinski definition) is 2. The van der Waals surface area contributed by atoms with E-state index in [0.717, 1.165) is 0 Å². The lowest BCUT2D eigenvalue weighted by molar-refractivity contribution is 0.0532. The van der Waals surface area contributed by atoms with Gasteiger partial charge < -0.3 is 20.5 Å². The van der Waals surface area contributed by atoms with Gasteiger partial charge in [0.25, 0.3) is 0 Å². The zero-order valence-electron chi connectivity index (χ0n) is 13.3. The fourth-order valence-corrected chi connectivity index (χ4v) is 1.61. The van der Waals surface area contributed by atoms with Gasteiger partial charge in [-0.15, -0.1) is 0 Å². The van der Waals surface area contributed by atoms with Gasteiger partial charge in [-0.05, 0) is 44.5 Å². The van der Waals surface area contributed by atoms with Crippen LogP contribution in [0, 0.1) is 0 Å². The van der Waals surface area contributed by atoms with Crippen LogP contribution in [0.2, 0.25) is 0 Å². The molecule has 0 saturated carbocycles. The van der Waals surface area contributed by atoms with Gasteiger partial charge in [0.15, 0.2) is 0 Å². The Morgan fingerprint density at radius 1 is 1.32 bits per heavy atom. The number of carbonyl (C=O) groups excluding carboxylic acids is 2. The van der Waals surface area contributed by atoms with E-state index >= 15 is 0 Å². The van der Waals surface area contributed by atoms with Crippen molar-refractivity contribution in [2.24, 2.45) is 0 Å². The minimum atomic E-state index is -0.535. The number of ether oxygens (including phenoxy) is 2. The molecule has 0 aliphatic heterocycles. The summed E-state index contributed by atoms with van der Waals surface area (Å²) in [7, 11) is 1.32. The third-order valence-electron chi connectivity index (χ3n) is 2.57.